The molecule has 0 radical (unpaired) electrons. The Kier molecular flexibility index (Phi) is 7.61. The van der Waals surface area contributed by atoms with Crippen LogP contribution in [0.2, 0.25) is 0 Å². The Labute approximate surface area is 183 Å². The van der Waals surface area contributed by atoms with Crippen molar-refractivity contribution in [3.8, 4) is 11.5 Å². The molecule has 2 heterocycles. The van der Waals surface area contributed by atoms with E-state index in [2.05, 4.69) is 15.7 Å². The standard InChI is InChI=1S/C22H30N4O3.ClH/c1-28-20-15-17(7-8-19(20)29-18-5-2-3-6-18)16-24-21(27)22(9-12-23-13-10-22)26-14-4-11-25-26;/h4,7-8,11,14-15,18,23H,2-3,5-6,9-10,12-13,16H2,1H3,(H,24,27);1H. The minimum atomic E-state index is -0.635. The number of piperidine rings is 1. The van der Waals surface area contributed by atoms with Crippen molar-refractivity contribution in [2.75, 3.05) is 20.2 Å². The Balaban J connectivity index is 0.00000256. The van der Waals surface area contributed by atoms with Crippen LogP contribution in [0, 0.1) is 0 Å². The summed E-state index contributed by atoms with van der Waals surface area (Å²) in [5.41, 5.74) is 0.350. The highest BCUT2D eigenvalue weighted by atomic mass is 35.5. The van der Waals surface area contributed by atoms with Gasteiger partial charge in [0.05, 0.1) is 13.2 Å². The SMILES string of the molecule is COc1cc(CNC(=O)C2(n3cccn3)CCNCC2)ccc1OC1CCCC1.Cl. The molecule has 0 unspecified atom stereocenters. The summed E-state index contributed by atoms with van der Waals surface area (Å²) in [6.07, 6.45) is 9.99. The van der Waals surface area contributed by atoms with Crippen molar-refractivity contribution in [3.05, 3.63) is 42.2 Å². The van der Waals surface area contributed by atoms with Crippen molar-refractivity contribution in [1.29, 1.82) is 0 Å². The number of rotatable bonds is 7. The second kappa shape index (κ2) is 10.2. The maximum absolute atomic E-state index is 13.2. The highest BCUT2D eigenvalue weighted by Gasteiger charge is 2.41. The number of hydrogen-bond acceptors (Lipinski definition) is 5. The average molecular weight is 435 g/mol. The third-order valence-corrected chi connectivity index (χ3v) is 6.07. The van der Waals surface area contributed by atoms with Gasteiger partial charge in [0.25, 0.3) is 0 Å². The second-order valence-electron chi connectivity index (χ2n) is 7.92. The molecule has 2 fully saturated rings. The highest BCUT2D eigenvalue weighted by Crippen LogP contribution is 2.32. The molecule has 2 aliphatic rings. The van der Waals surface area contributed by atoms with Crippen LogP contribution < -0.4 is 20.1 Å². The van der Waals surface area contributed by atoms with Crippen molar-refractivity contribution in [2.24, 2.45) is 0 Å². The first-order valence-corrected chi connectivity index (χ1v) is 10.5. The van der Waals surface area contributed by atoms with Gasteiger partial charge in [0.2, 0.25) is 5.91 Å². The molecule has 0 atom stereocenters. The van der Waals surface area contributed by atoms with E-state index in [4.69, 9.17) is 9.47 Å². The third kappa shape index (κ3) is 4.73. The van der Waals surface area contributed by atoms with Crippen LogP contribution >= 0.6 is 12.4 Å². The van der Waals surface area contributed by atoms with E-state index in [1.807, 2.05) is 35.1 Å². The summed E-state index contributed by atoms with van der Waals surface area (Å²) in [4.78, 5) is 13.2. The molecule has 1 saturated carbocycles. The number of halogens is 1. The van der Waals surface area contributed by atoms with E-state index in [9.17, 15) is 4.79 Å². The molecule has 164 valence electrons. The smallest absolute Gasteiger partial charge is 0.248 e. The third-order valence-electron chi connectivity index (χ3n) is 6.07. The fourth-order valence-corrected chi connectivity index (χ4v) is 4.37. The fraction of sp³-hybridized carbons (Fsp3) is 0.545. The molecule has 2 N–H and O–H groups in total. The molecule has 1 aliphatic heterocycles. The first-order valence-electron chi connectivity index (χ1n) is 10.5. The van der Waals surface area contributed by atoms with Gasteiger partial charge in [0.15, 0.2) is 11.5 Å². The first kappa shape index (κ1) is 22.4. The van der Waals surface area contributed by atoms with Crippen molar-refractivity contribution >= 4 is 18.3 Å². The Morgan fingerprint density at radius 2 is 2.03 bits per heavy atom. The Morgan fingerprint density at radius 3 is 2.70 bits per heavy atom. The van der Waals surface area contributed by atoms with Crippen molar-refractivity contribution in [2.45, 2.75) is 56.7 Å². The molecule has 1 aromatic carbocycles. The average Bonchev–Trinajstić information content (AvgIpc) is 3.48. The first-order chi connectivity index (χ1) is 14.2. The van der Waals surface area contributed by atoms with Gasteiger partial charge in [-0.2, -0.15) is 5.10 Å². The number of carbonyl (C=O) groups excluding carboxylic acids is 1. The zero-order valence-corrected chi connectivity index (χ0v) is 18.2. The van der Waals surface area contributed by atoms with Crippen LogP contribution in [0.1, 0.15) is 44.1 Å². The number of nitrogens with zero attached hydrogens (tertiary/aromatic N) is 2. The summed E-state index contributed by atoms with van der Waals surface area (Å²) in [6, 6.07) is 7.76. The molecule has 8 heteroatoms. The Morgan fingerprint density at radius 1 is 1.27 bits per heavy atom. The quantitative estimate of drug-likeness (QED) is 0.700. The van der Waals surface area contributed by atoms with E-state index in [1.54, 1.807) is 13.3 Å². The van der Waals surface area contributed by atoms with Gasteiger partial charge >= 0.3 is 0 Å². The number of nitrogens with one attached hydrogen (secondary N) is 2. The van der Waals surface area contributed by atoms with Gasteiger partial charge < -0.3 is 20.1 Å². The van der Waals surface area contributed by atoms with Gasteiger partial charge in [0, 0.05) is 18.9 Å². The summed E-state index contributed by atoms with van der Waals surface area (Å²) in [5, 5.41) is 10.8. The number of amides is 1. The summed E-state index contributed by atoms with van der Waals surface area (Å²) in [5.74, 6) is 1.50. The van der Waals surface area contributed by atoms with E-state index in [0.29, 0.717) is 12.3 Å². The molecule has 1 aromatic heterocycles. The van der Waals surface area contributed by atoms with Crippen LogP contribution in [0.25, 0.3) is 0 Å². The number of aromatic nitrogens is 2. The van der Waals surface area contributed by atoms with E-state index in [1.165, 1.54) is 12.8 Å². The van der Waals surface area contributed by atoms with Crippen molar-refractivity contribution < 1.29 is 14.3 Å². The minimum absolute atomic E-state index is 0. The van der Waals surface area contributed by atoms with Crippen LogP contribution in [0.15, 0.2) is 36.7 Å². The number of ether oxygens (including phenoxy) is 2. The largest absolute Gasteiger partial charge is 0.493 e. The maximum Gasteiger partial charge on any atom is 0.248 e. The van der Waals surface area contributed by atoms with Crippen LogP contribution in [0.4, 0.5) is 0 Å². The molecule has 0 bridgehead atoms. The van der Waals surface area contributed by atoms with E-state index >= 15 is 0 Å². The molecule has 1 aliphatic carbocycles. The van der Waals surface area contributed by atoms with E-state index in [-0.39, 0.29) is 24.4 Å². The zero-order chi connectivity index (χ0) is 20.1. The molecular formula is C22H31ClN4O3. The Hall–Kier alpha value is -2.25. The lowest BCUT2D eigenvalue weighted by Gasteiger charge is -2.36. The summed E-state index contributed by atoms with van der Waals surface area (Å²) >= 11 is 0. The highest BCUT2D eigenvalue weighted by molar-refractivity contribution is 5.85. The normalized spacial score (nSPS) is 18.4. The number of benzene rings is 1. The molecule has 1 saturated heterocycles. The molecule has 2 aromatic rings. The zero-order valence-electron chi connectivity index (χ0n) is 17.4. The molecule has 1 amide bonds. The number of carbonyl (C=O) groups is 1. The predicted molar refractivity (Wildman–Crippen MR) is 117 cm³/mol. The lowest BCUT2D eigenvalue weighted by Crippen LogP contribution is -2.54. The van der Waals surface area contributed by atoms with Gasteiger partial charge in [0.1, 0.15) is 5.54 Å². The Bertz CT molecular complexity index is 816. The van der Waals surface area contributed by atoms with Gasteiger partial charge in [-0.3, -0.25) is 9.48 Å². The minimum Gasteiger partial charge on any atom is -0.493 e. The lowest BCUT2D eigenvalue weighted by molar-refractivity contribution is -0.132. The topological polar surface area (TPSA) is 77.4 Å². The van der Waals surface area contributed by atoms with Crippen LogP contribution in [-0.4, -0.2) is 42.0 Å². The van der Waals surface area contributed by atoms with Crippen LogP contribution in [0.3, 0.4) is 0 Å². The summed E-state index contributed by atoms with van der Waals surface area (Å²) in [7, 11) is 1.65. The second-order valence-corrected chi connectivity index (χ2v) is 7.92. The van der Waals surface area contributed by atoms with Gasteiger partial charge in [-0.1, -0.05) is 6.07 Å². The predicted octanol–water partition coefficient (Wildman–Crippen LogP) is 3.03. The molecule has 7 nitrogen and oxygen atoms in total. The van der Waals surface area contributed by atoms with Crippen molar-refractivity contribution in [3.63, 3.8) is 0 Å². The van der Waals surface area contributed by atoms with Gasteiger partial charge in [-0.15, -0.1) is 12.4 Å². The fourth-order valence-electron chi connectivity index (χ4n) is 4.37. The molecule has 4 rings (SSSR count). The molecular weight excluding hydrogens is 404 g/mol. The molecule has 30 heavy (non-hydrogen) atoms. The monoisotopic (exact) mass is 434 g/mol. The van der Waals surface area contributed by atoms with Gasteiger partial charge in [-0.25, -0.2) is 0 Å². The van der Waals surface area contributed by atoms with E-state index in [0.717, 1.165) is 50.1 Å². The summed E-state index contributed by atoms with van der Waals surface area (Å²) < 4.78 is 13.5. The van der Waals surface area contributed by atoms with Gasteiger partial charge in [-0.05, 0) is 75.4 Å². The van der Waals surface area contributed by atoms with E-state index < -0.39 is 5.54 Å². The lowest BCUT2D eigenvalue weighted by atomic mass is 9.87. The molecule has 0 spiro atoms. The summed E-state index contributed by atoms with van der Waals surface area (Å²) in [6.45, 7) is 2.04. The van der Waals surface area contributed by atoms with Crippen LogP contribution in [-0.2, 0) is 16.9 Å². The number of methoxy groups -OCH3 is 1. The van der Waals surface area contributed by atoms with Crippen LogP contribution in [0.5, 0.6) is 11.5 Å². The maximum atomic E-state index is 13.2. The van der Waals surface area contributed by atoms with Crippen molar-refractivity contribution in [1.82, 2.24) is 20.4 Å². The number of hydrogen-bond donors (Lipinski definition) is 2.